The maximum Gasteiger partial charge on any atom is 0.216 e. The molecule has 2 rings (SSSR count). The van der Waals surface area contributed by atoms with E-state index in [4.69, 9.17) is 5.26 Å². The average Bonchev–Trinajstić information content (AvgIpc) is 2.46. The maximum absolute atomic E-state index is 12.3. The van der Waals surface area contributed by atoms with Gasteiger partial charge in [-0.3, -0.25) is 0 Å². The van der Waals surface area contributed by atoms with Crippen molar-refractivity contribution in [2.75, 3.05) is 19.6 Å². The fraction of sp³-hybridized carbons (Fsp3) is 0.588. The summed E-state index contributed by atoms with van der Waals surface area (Å²) in [7, 11) is -3.41. The van der Waals surface area contributed by atoms with Gasteiger partial charge in [-0.05, 0) is 49.9 Å². The first kappa shape index (κ1) is 17.9. The van der Waals surface area contributed by atoms with Gasteiger partial charge in [0.1, 0.15) is 0 Å². The van der Waals surface area contributed by atoms with Crippen LogP contribution in [0.25, 0.3) is 0 Å². The minimum absolute atomic E-state index is 0.0940. The van der Waals surface area contributed by atoms with E-state index in [1.807, 2.05) is 13.0 Å². The molecule has 126 valence electrons. The average molecular weight is 335 g/mol. The van der Waals surface area contributed by atoms with Crippen molar-refractivity contribution in [3.05, 3.63) is 35.4 Å². The predicted molar refractivity (Wildman–Crippen MR) is 91.2 cm³/mol. The zero-order valence-corrected chi connectivity index (χ0v) is 14.6. The molecule has 1 fully saturated rings. The van der Waals surface area contributed by atoms with Crippen LogP contribution in [0.5, 0.6) is 0 Å². The van der Waals surface area contributed by atoms with E-state index in [0.717, 1.165) is 19.6 Å². The summed E-state index contributed by atoms with van der Waals surface area (Å²) in [4.78, 5) is 2.33. The number of hydrogen-bond acceptors (Lipinski definition) is 4. The third-order valence-electron chi connectivity index (χ3n) is 4.07. The summed E-state index contributed by atoms with van der Waals surface area (Å²) in [6, 6.07) is 8.64. The number of nitriles is 1. The molecule has 1 saturated heterocycles. The van der Waals surface area contributed by atoms with Crippen molar-refractivity contribution < 1.29 is 8.42 Å². The van der Waals surface area contributed by atoms with Crippen molar-refractivity contribution in [2.45, 2.75) is 38.5 Å². The van der Waals surface area contributed by atoms with Crippen LogP contribution in [-0.2, 0) is 15.8 Å². The van der Waals surface area contributed by atoms with Gasteiger partial charge in [0, 0.05) is 19.1 Å². The zero-order chi connectivity index (χ0) is 16.9. The lowest BCUT2D eigenvalue weighted by molar-refractivity contribution is 0.174. The van der Waals surface area contributed by atoms with Crippen LogP contribution in [0, 0.1) is 17.2 Å². The molecule has 1 aliphatic heterocycles. The summed E-state index contributed by atoms with van der Waals surface area (Å²) in [5, 5.41) is 8.89. The molecule has 0 aromatic heterocycles. The molecule has 0 radical (unpaired) electrons. The first-order valence-corrected chi connectivity index (χ1v) is 9.74. The molecule has 1 aliphatic rings. The Morgan fingerprint density at radius 1 is 1.48 bits per heavy atom. The molecule has 0 spiro atoms. The largest absolute Gasteiger partial charge is 0.301 e. The fourth-order valence-corrected chi connectivity index (χ4v) is 4.56. The van der Waals surface area contributed by atoms with Gasteiger partial charge in [0.2, 0.25) is 10.0 Å². The quantitative estimate of drug-likeness (QED) is 0.864. The van der Waals surface area contributed by atoms with Gasteiger partial charge in [-0.25, -0.2) is 13.1 Å². The van der Waals surface area contributed by atoms with Crippen LogP contribution in [0.3, 0.4) is 0 Å². The molecule has 2 unspecified atom stereocenters. The Labute approximate surface area is 139 Å². The number of nitrogens with one attached hydrogen (secondary N) is 1. The van der Waals surface area contributed by atoms with E-state index in [1.165, 1.54) is 12.8 Å². The topological polar surface area (TPSA) is 73.2 Å². The second-order valence-electron chi connectivity index (χ2n) is 6.60. The lowest BCUT2D eigenvalue weighted by Crippen LogP contribution is -2.45. The molecule has 1 N–H and O–H groups in total. The van der Waals surface area contributed by atoms with E-state index >= 15 is 0 Å². The maximum atomic E-state index is 12.3. The Balaban J connectivity index is 1.90. The summed E-state index contributed by atoms with van der Waals surface area (Å²) >= 11 is 0. The van der Waals surface area contributed by atoms with E-state index in [0.29, 0.717) is 17.0 Å². The van der Waals surface area contributed by atoms with Gasteiger partial charge in [0.25, 0.3) is 0 Å². The highest BCUT2D eigenvalue weighted by atomic mass is 32.2. The number of nitrogens with zero attached hydrogens (tertiary/aromatic N) is 2. The highest BCUT2D eigenvalue weighted by Gasteiger charge is 2.21. The molecule has 0 aliphatic carbocycles. The van der Waals surface area contributed by atoms with E-state index < -0.39 is 10.0 Å². The summed E-state index contributed by atoms with van der Waals surface area (Å²) in [6.45, 7) is 6.96. The summed E-state index contributed by atoms with van der Waals surface area (Å²) in [5.74, 6) is 0.588. The zero-order valence-electron chi connectivity index (χ0n) is 13.8. The molecule has 6 heteroatoms. The number of likely N-dealkylation sites (tertiary alicyclic amines) is 1. The van der Waals surface area contributed by atoms with Gasteiger partial charge in [-0.15, -0.1) is 0 Å². The van der Waals surface area contributed by atoms with Crippen LogP contribution in [0.4, 0.5) is 0 Å². The molecular formula is C17H25N3O2S. The van der Waals surface area contributed by atoms with Crippen molar-refractivity contribution >= 4 is 10.0 Å². The monoisotopic (exact) mass is 335 g/mol. The van der Waals surface area contributed by atoms with Crippen LogP contribution in [-0.4, -0.2) is 39.0 Å². The number of rotatable bonds is 6. The number of benzene rings is 1. The summed E-state index contributed by atoms with van der Waals surface area (Å²) in [5.41, 5.74) is 1.11. The van der Waals surface area contributed by atoms with Gasteiger partial charge in [-0.2, -0.15) is 5.26 Å². The SMILES string of the molecule is CC1CCCN(CC(C)NS(=O)(=O)Cc2cccc(C#N)c2)C1. The van der Waals surface area contributed by atoms with Crippen molar-refractivity contribution in [2.24, 2.45) is 5.92 Å². The molecule has 1 heterocycles. The van der Waals surface area contributed by atoms with E-state index in [2.05, 4.69) is 16.5 Å². The third kappa shape index (κ3) is 5.94. The van der Waals surface area contributed by atoms with Crippen LogP contribution in [0.1, 0.15) is 37.8 Å². The number of sulfonamides is 1. The van der Waals surface area contributed by atoms with Crippen molar-refractivity contribution in [1.82, 2.24) is 9.62 Å². The highest BCUT2D eigenvalue weighted by molar-refractivity contribution is 7.88. The van der Waals surface area contributed by atoms with E-state index in [9.17, 15) is 8.42 Å². The van der Waals surface area contributed by atoms with E-state index in [1.54, 1.807) is 24.3 Å². The minimum atomic E-state index is -3.41. The van der Waals surface area contributed by atoms with Crippen LogP contribution >= 0.6 is 0 Å². The normalized spacial score (nSPS) is 20.8. The van der Waals surface area contributed by atoms with E-state index in [-0.39, 0.29) is 11.8 Å². The Morgan fingerprint density at radius 2 is 2.26 bits per heavy atom. The lowest BCUT2D eigenvalue weighted by atomic mass is 10.00. The van der Waals surface area contributed by atoms with Crippen molar-refractivity contribution in [3.8, 4) is 6.07 Å². The Kier molecular flexibility index (Phi) is 6.17. The van der Waals surface area contributed by atoms with Crippen LogP contribution in [0.2, 0.25) is 0 Å². The first-order valence-electron chi connectivity index (χ1n) is 8.09. The Hall–Kier alpha value is -1.42. The Bertz CT molecular complexity index is 667. The molecule has 0 bridgehead atoms. The standard InChI is InChI=1S/C17H25N3O2S/c1-14-5-4-8-20(11-14)12-15(2)19-23(21,22)13-17-7-3-6-16(9-17)10-18/h3,6-7,9,14-15,19H,4-5,8,11-13H2,1-2H3. The Morgan fingerprint density at radius 3 is 2.96 bits per heavy atom. The van der Waals surface area contributed by atoms with Crippen LogP contribution < -0.4 is 4.72 Å². The van der Waals surface area contributed by atoms with Crippen molar-refractivity contribution in [3.63, 3.8) is 0 Å². The first-order chi connectivity index (χ1) is 10.9. The van der Waals surface area contributed by atoms with Gasteiger partial charge in [0.05, 0.1) is 17.4 Å². The smallest absolute Gasteiger partial charge is 0.216 e. The van der Waals surface area contributed by atoms with Gasteiger partial charge in [0.15, 0.2) is 0 Å². The molecule has 0 amide bonds. The third-order valence-corrected chi connectivity index (χ3v) is 5.54. The number of hydrogen-bond donors (Lipinski definition) is 1. The second-order valence-corrected chi connectivity index (χ2v) is 8.35. The summed E-state index contributed by atoms with van der Waals surface area (Å²) < 4.78 is 27.4. The minimum Gasteiger partial charge on any atom is -0.301 e. The summed E-state index contributed by atoms with van der Waals surface area (Å²) in [6.07, 6.45) is 2.44. The van der Waals surface area contributed by atoms with Crippen molar-refractivity contribution in [1.29, 1.82) is 5.26 Å². The lowest BCUT2D eigenvalue weighted by Gasteiger charge is -2.32. The molecule has 1 aromatic carbocycles. The van der Waals surface area contributed by atoms with Crippen LogP contribution in [0.15, 0.2) is 24.3 Å². The van der Waals surface area contributed by atoms with Gasteiger partial charge < -0.3 is 4.90 Å². The highest BCUT2D eigenvalue weighted by Crippen LogP contribution is 2.15. The fourth-order valence-electron chi connectivity index (χ4n) is 3.18. The second kappa shape index (κ2) is 7.91. The molecule has 23 heavy (non-hydrogen) atoms. The van der Waals surface area contributed by atoms with Gasteiger partial charge in [-0.1, -0.05) is 19.1 Å². The molecule has 2 atom stereocenters. The molecule has 1 aromatic rings. The molecule has 5 nitrogen and oxygen atoms in total. The molecular weight excluding hydrogens is 310 g/mol. The van der Waals surface area contributed by atoms with Gasteiger partial charge >= 0.3 is 0 Å². The molecule has 0 saturated carbocycles. The number of piperidine rings is 1. The predicted octanol–water partition coefficient (Wildman–Crippen LogP) is 2.10.